The third kappa shape index (κ3) is 4.17. The lowest BCUT2D eigenvalue weighted by Gasteiger charge is -2.38. The van der Waals surface area contributed by atoms with Crippen molar-refractivity contribution in [2.24, 2.45) is 5.73 Å². The number of rotatable bonds is 4. The number of methoxy groups -OCH3 is 1. The Labute approximate surface area is 172 Å². The molecule has 2 aliphatic rings. The van der Waals surface area contributed by atoms with Crippen LogP contribution in [0, 0.1) is 0 Å². The van der Waals surface area contributed by atoms with Gasteiger partial charge in [0.25, 0.3) is 5.91 Å². The van der Waals surface area contributed by atoms with Gasteiger partial charge in [-0.3, -0.25) is 4.79 Å². The maximum atomic E-state index is 13.3. The summed E-state index contributed by atoms with van der Waals surface area (Å²) < 4.78 is 5.50. The molecule has 0 saturated carbocycles. The lowest BCUT2D eigenvalue weighted by atomic mass is 10.0. The smallest absolute Gasteiger partial charge is 0.256 e. The first-order valence-electron chi connectivity index (χ1n) is 10.4. The van der Waals surface area contributed by atoms with Gasteiger partial charge >= 0.3 is 0 Å². The number of nitrogens with zero attached hydrogens (tertiary/aromatic N) is 3. The molecule has 0 atom stereocenters. The highest BCUT2D eigenvalue weighted by molar-refractivity contribution is 6.00. The highest BCUT2D eigenvalue weighted by Crippen LogP contribution is 2.29. The monoisotopic (exact) mass is 394 g/mol. The number of amides is 1. The third-order valence-electron chi connectivity index (χ3n) is 6.01. The summed E-state index contributed by atoms with van der Waals surface area (Å²) in [4.78, 5) is 19.9. The van der Waals surface area contributed by atoms with Gasteiger partial charge < -0.3 is 25.2 Å². The van der Waals surface area contributed by atoms with Crippen molar-refractivity contribution < 1.29 is 9.53 Å². The third-order valence-corrected chi connectivity index (χ3v) is 6.01. The van der Waals surface area contributed by atoms with Crippen molar-refractivity contribution in [3.05, 3.63) is 54.1 Å². The predicted octanol–water partition coefficient (Wildman–Crippen LogP) is 2.59. The standard InChI is InChI=1S/C23H30N4O2/c1-29-22-9-5-4-8-21(22)26-14-16-27(17-15-26)23(28)19-6-2-3-7-20(19)25-12-10-18(24)11-13-25/h2-9,18H,10-17,24H2,1H3. The molecule has 2 aromatic carbocycles. The topological polar surface area (TPSA) is 62.0 Å². The van der Waals surface area contributed by atoms with E-state index in [9.17, 15) is 4.79 Å². The Morgan fingerprint density at radius 1 is 0.862 bits per heavy atom. The number of carbonyl (C=O) groups is 1. The maximum absolute atomic E-state index is 13.3. The number of ether oxygens (including phenoxy) is 1. The van der Waals surface area contributed by atoms with Crippen LogP contribution in [0.15, 0.2) is 48.5 Å². The largest absolute Gasteiger partial charge is 0.495 e. The fraction of sp³-hybridized carbons (Fsp3) is 0.435. The molecule has 0 unspecified atom stereocenters. The average molecular weight is 395 g/mol. The number of para-hydroxylation sites is 3. The molecule has 2 saturated heterocycles. The number of piperazine rings is 1. The molecule has 4 rings (SSSR count). The molecule has 6 nitrogen and oxygen atoms in total. The Morgan fingerprint density at radius 3 is 2.14 bits per heavy atom. The number of hydrogen-bond acceptors (Lipinski definition) is 5. The molecule has 6 heteroatoms. The van der Waals surface area contributed by atoms with E-state index >= 15 is 0 Å². The number of anilines is 2. The van der Waals surface area contributed by atoms with Crippen molar-refractivity contribution in [3.63, 3.8) is 0 Å². The second-order valence-corrected chi connectivity index (χ2v) is 7.79. The summed E-state index contributed by atoms with van der Waals surface area (Å²) in [5.74, 6) is 0.996. The van der Waals surface area contributed by atoms with Crippen molar-refractivity contribution >= 4 is 17.3 Å². The second kappa shape index (κ2) is 8.74. The van der Waals surface area contributed by atoms with Crippen LogP contribution in [0.5, 0.6) is 5.75 Å². The van der Waals surface area contributed by atoms with Crippen LogP contribution >= 0.6 is 0 Å². The SMILES string of the molecule is COc1ccccc1N1CCN(C(=O)c2ccccc2N2CCC(N)CC2)CC1. The first-order valence-corrected chi connectivity index (χ1v) is 10.4. The first kappa shape index (κ1) is 19.6. The van der Waals surface area contributed by atoms with E-state index in [0.29, 0.717) is 13.1 Å². The van der Waals surface area contributed by atoms with Gasteiger partial charge in [-0.1, -0.05) is 24.3 Å². The van der Waals surface area contributed by atoms with E-state index in [1.165, 1.54) is 0 Å². The Balaban J connectivity index is 1.45. The van der Waals surface area contributed by atoms with Gasteiger partial charge in [0.2, 0.25) is 0 Å². The van der Waals surface area contributed by atoms with E-state index in [4.69, 9.17) is 10.5 Å². The van der Waals surface area contributed by atoms with Gasteiger partial charge in [0, 0.05) is 51.0 Å². The minimum atomic E-state index is 0.121. The number of carbonyl (C=O) groups excluding carboxylic acids is 1. The molecular weight excluding hydrogens is 364 g/mol. The van der Waals surface area contributed by atoms with E-state index in [1.807, 2.05) is 41.3 Å². The molecule has 154 valence electrons. The Bertz CT molecular complexity index is 840. The van der Waals surface area contributed by atoms with E-state index < -0.39 is 0 Å². The van der Waals surface area contributed by atoms with Crippen LogP contribution in [-0.4, -0.2) is 63.2 Å². The molecule has 0 spiro atoms. The zero-order valence-corrected chi connectivity index (χ0v) is 17.1. The van der Waals surface area contributed by atoms with Gasteiger partial charge in [-0.2, -0.15) is 0 Å². The molecule has 2 aromatic rings. The van der Waals surface area contributed by atoms with Gasteiger partial charge in [-0.25, -0.2) is 0 Å². The summed E-state index contributed by atoms with van der Waals surface area (Å²) in [5, 5.41) is 0. The van der Waals surface area contributed by atoms with E-state index in [0.717, 1.165) is 61.7 Å². The maximum Gasteiger partial charge on any atom is 0.256 e. The summed E-state index contributed by atoms with van der Waals surface area (Å²) in [6.45, 7) is 4.83. The fourth-order valence-corrected chi connectivity index (χ4v) is 4.28. The Morgan fingerprint density at radius 2 is 1.45 bits per heavy atom. The fourth-order valence-electron chi connectivity index (χ4n) is 4.28. The van der Waals surface area contributed by atoms with Gasteiger partial charge in [0.15, 0.2) is 0 Å². The molecule has 2 heterocycles. The lowest BCUT2D eigenvalue weighted by molar-refractivity contribution is 0.0747. The van der Waals surface area contributed by atoms with Crippen LogP contribution < -0.4 is 20.3 Å². The molecule has 0 aliphatic carbocycles. The van der Waals surface area contributed by atoms with Crippen molar-refractivity contribution in [2.45, 2.75) is 18.9 Å². The normalized spacial score (nSPS) is 18.1. The molecule has 0 aromatic heterocycles. The van der Waals surface area contributed by atoms with Crippen LogP contribution in [0.3, 0.4) is 0 Å². The predicted molar refractivity (Wildman–Crippen MR) is 117 cm³/mol. The average Bonchev–Trinajstić information content (AvgIpc) is 2.79. The van der Waals surface area contributed by atoms with Crippen LogP contribution in [0.1, 0.15) is 23.2 Å². The summed E-state index contributed by atoms with van der Waals surface area (Å²) in [7, 11) is 1.70. The molecular formula is C23H30N4O2. The quantitative estimate of drug-likeness (QED) is 0.864. The highest BCUT2D eigenvalue weighted by atomic mass is 16.5. The van der Waals surface area contributed by atoms with Gasteiger partial charge in [0.05, 0.1) is 18.4 Å². The van der Waals surface area contributed by atoms with Crippen LogP contribution in [-0.2, 0) is 0 Å². The van der Waals surface area contributed by atoms with Crippen LogP contribution in [0.4, 0.5) is 11.4 Å². The lowest BCUT2D eigenvalue weighted by Crippen LogP contribution is -2.49. The van der Waals surface area contributed by atoms with Crippen LogP contribution in [0.25, 0.3) is 0 Å². The summed E-state index contributed by atoms with van der Waals surface area (Å²) in [6, 6.07) is 16.3. The van der Waals surface area contributed by atoms with E-state index in [1.54, 1.807) is 7.11 Å². The molecule has 1 amide bonds. The van der Waals surface area contributed by atoms with Crippen molar-refractivity contribution in [3.8, 4) is 5.75 Å². The summed E-state index contributed by atoms with van der Waals surface area (Å²) >= 11 is 0. The van der Waals surface area contributed by atoms with Gasteiger partial charge in [0.1, 0.15) is 5.75 Å². The summed E-state index contributed by atoms with van der Waals surface area (Å²) in [6.07, 6.45) is 1.94. The van der Waals surface area contributed by atoms with Crippen LogP contribution in [0.2, 0.25) is 0 Å². The first-order chi connectivity index (χ1) is 14.2. The van der Waals surface area contributed by atoms with Crippen molar-refractivity contribution in [1.29, 1.82) is 0 Å². The van der Waals surface area contributed by atoms with Crippen molar-refractivity contribution in [2.75, 3.05) is 56.2 Å². The molecule has 2 N–H and O–H groups in total. The molecule has 2 fully saturated rings. The van der Waals surface area contributed by atoms with Gasteiger partial charge in [-0.05, 0) is 37.1 Å². The molecule has 2 aliphatic heterocycles. The van der Waals surface area contributed by atoms with E-state index in [2.05, 4.69) is 21.9 Å². The zero-order chi connectivity index (χ0) is 20.2. The number of benzene rings is 2. The second-order valence-electron chi connectivity index (χ2n) is 7.79. The number of nitrogens with two attached hydrogens (primary N) is 1. The Kier molecular flexibility index (Phi) is 5.90. The van der Waals surface area contributed by atoms with E-state index in [-0.39, 0.29) is 11.9 Å². The zero-order valence-electron chi connectivity index (χ0n) is 17.1. The number of hydrogen-bond donors (Lipinski definition) is 1. The molecule has 29 heavy (non-hydrogen) atoms. The minimum absolute atomic E-state index is 0.121. The Hall–Kier alpha value is -2.73. The molecule has 0 radical (unpaired) electrons. The summed E-state index contributed by atoms with van der Waals surface area (Å²) in [5.41, 5.74) is 8.98. The van der Waals surface area contributed by atoms with Gasteiger partial charge in [-0.15, -0.1) is 0 Å². The minimum Gasteiger partial charge on any atom is -0.495 e. The molecule has 0 bridgehead atoms. The highest BCUT2D eigenvalue weighted by Gasteiger charge is 2.27. The number of piperidine rings is 1. The van der Waals surface area contributed by atoms with Crippen molar-refractivity contribution in [1.82, 2.24) is 4.90 Å².